The van der Waals surface area contributed by atoms with Gasteiger partial charge in [0, 0.05) is 19.1 Å². The summed E-state index contributed by atoms with van der Waals surface area (Å²) in [7, 11) is -3.59. The van der Waals surface area contributed by atoms with Gasteiger partial charge in [0.15, 0.2) is 0 Å². The summed E-state index contributed by atoms with van der Waals surface area (Å²) >= 11 is 0. The Balaban J connectivity index is 2.26. The molecule has 110 valence electrons. The first-order valence-corrected chi connectivity index (χ1v) is 7.88. The van der Waals surface area contributed by atoms with Gasteiger partial charge >= 0.3 is 5.97 Å². The van der Waals surface area contributed by atoms with Crippen LogP contribution in [0.1, 0.15) is 13.8 Å². The number of nitrogens with zero attached hydrogens (tertiary/aromatic N) is 1. The SMILES string of the molecule is CC(C)NS(=O)(=O)c1ccccc1N1CC(C(=O)O)C1. The third-order valence-corrected chi connectivity index (χ3v) is 4.82. The van der Waals surface area contributed by atoms with Crippen molar-refractivity contribution in [1.29, 1.82) is 0 Å². The van der Waals surface area contributed by atoms with Crippen LogP contribution in [0, 0.1) is 5.92 Å². The zero-order chi connectivity index (χ0) is 14.9. The normalized spacial score (nSPS) is 16.2. The number of nitrogens with one attached hydrogen (secondary N) is 1. The minimum absolute atomic E-state index is 0.192. The number of carboxylic acids is 1. The Bertz CT molecular complexity index is 607. The van der Waals surface area contributed by atoms with Crippen LogP contribution in [-0.2, 0) is 14.8 Å². The number of para-hydroxylation sites is 1. The molecule has 0 amide bonds. The van der Waals surface area contributed by atoms with Gasteiger partial charge in [-0.3, -0.25) is 4.79 Å². The summed E-state index contributed by atoms with van der Waals surface area (Å²) in [6.45, 7) is 4.18. The Hall–Kier alpha value is -1.60. The second-order valence-electron chi connectivity index (χ2n) is 5.18. The molecule has 1 fully saturated rings. The Kier molecular flexibility index (Phi) is 4.01. The van der Waals surface area contributed by atoms with Crippen LogP contribution in [0.3, 0.4) is 0 Å². The van der Waals surface area contributed by atoms with Crippen molar-refractivity contribution >= 4 is 21.7 Å². The predicted octanol–water partition coefficient (Wildman–Crippen LogP) is 0.894. The van der Waals surface area contributed by atoms with E-state index in [-0.39, 0.29) is 10.9 Å². The van der Waals surface area contributed by atoms with Gasteiger partial charge in [-0.1, -0.05) is 12.1 Å². The molecule has 20 heavy (non-hydrogen) atoms. The molecule has 1 saturated heterocycles. The number of rotatable bonds is 5. The summed E-state index contributed by atoms with van der Waals surface area (Å²) in [6.07, 6.45) is 0. The van der Waals surface area contributed by atoms with E-state index in [1.54, 1.807) is 36.9 Å². The number of sulfonamides is 1. The van der Waals surface area contributed by atoms with Crippen molar-refractivity contribution < 1.29 is 18.3 Å². The molecule has 0 unspecified atom stereocenters. The molecule has 1 aromatic carbocycles. The van der Waals surface area contributed by atoms with E-state index in [2.05, 4.69) is 4.72 Å². The van der Waals surface area contributed by atoms with Crippen molar-refractivity contribution in [2.45, 2.75) is 24.8 Å². The van der Waals surface area contributed by atoms with Gasteiger partial charge in [-0.25, -0.2) is 13.1 Å². The summed E-state index contributed by atoms with van der Waals surface area (Å²) in [5.74, 6) is -1.27. The fourth-order valence-electron chi connectivity index (χ4n) is 2.15. The molecule has 0 aromatic heterocycles. The van der Waals surface area contributed by atoms with Gasteiger partial charge in [0.1, 0.15) is 4.90 Å². The summed E-state index contributed by atoms with van der Waals surface area (Å²) < 4.78 is 27.1. The standard InChI is InChI=1S/C13H18N2O4S/c1-9(2)14-20(18,19)12-6-4-3-5-11(12)15-7-10(8-15)13(16)17/h3-6,9-10,14H,7-8H2,1-2H3,(H,16,17). The van der Waals surface area contributed by atoms with Crippen molar-refractivity contribution in [2.24, 2.45) is 5.92 Å². The summed E-state index contributed by atoms with van der Waals surface area (Å²) in [5, 5.41) is 8.89. The van der Waals surface area contributed by atoms with Gasteiger partial charge in [0.2, 0.25) is 10.0 Å². The lowest BCUT2D eigenvalue weighted by atomic mass is 10.00. The van der Waals surface area contributed by atoms with Crippen LogP contribution in [0.4, 0.5) is 5.69 Å². The average molecular weight is 298 g/mol. The molecule has 0 saturated carbocycles. The van der Waals surface area contributed by atoms with Crippen LogP contribution in [0.15, 0.2) is 29.2 Å². The van der Waals surface area contributed by atoms with E-state index in [1.165, 1.54) is 6.07 Å². The highest BCUT2D eigenvalue weighted by molar-refractivity contribution is 7.89. The molecule has 0 radical (unpaired) electrons. The quantitative estimate of drug-likeness (QED) is 0.843. The van der Waals surface area contributed by atoms with Crippen molar-refractivity contribution in [1.82, 2.24) is 4.72 Å². The van der Waals surface area contributed by atoms with Crippen LogP contribution in [0.5, 0.6) is 0 Å². The fraction of sp³-hybridized carbons (Fsp3) is 0.462. The van der Waals surface area contributed by atoms with Gasteiger partial charge in [0.25, 0.3) is 0 Å². The third kappa shape index (κ3) is 2.94. The first kappa shape index (κ1) is 14.8. The Labute approximate surface area is 118 Å². The molecular formula is C13H18N2O4S. The Morgan fingerprint density at radius 3 is 2.50 bits per heavy atom. The van der Waals surface area contributed by atoms with E-state index in [0.717, 1.165) is 0 Å². The maximum absolute atomic E-state index is 12.3. The largest absolute Gasteiger partial charge is 0.481 e. The zero-order valence-electron chi connectivity index (χ0n) is 11.4. The molecule has 2 N–H and O–H groups in total. The van der Waals surface area contributed by atoms with Crippen LogP contribution in [0.25, 0.3) is 0 Å². The number of anilines is 1. The van der Waals surface area contributed by atoms with E-state index in [0.29, 0.717) is 18.8 Å². The minimum atomic E-state index is -3.59. The molecule has 0 aliphatic carbocycles. The lowest BCUT2D eigenvalue weighted by molar-refractivity contribution is -0.142. The van der Waals surface area contributed by atoms with E-state index < -0.39 is 21.9 Å². The molecule has 1 heterocycles. The molecule has 1 aromatic rings. The first-order chi connectivity index (χ1) is 9.31. The third-order valence-electron chi connectivity index (χ3n) is 3.12. The van der Waals surface area contributed by atoms with Crippen molar-refractivity contribution in [3.8, 4) is 0 Å². The van der Waals surface area contributed by atoms with Crippen molar-refractivity contribution in [3.05, 3.63) is 24.3 Å². The molecule has 0 spiro atoms. The average Bonchev–Trinajstić information content (AvgIpc) is 2.25. The number of carboxylic acid groups (broad SMARTS) is 1. The van der Waals surface area contributed by atoms with Gasteiger partial charge in [-0.2, -0.15) is 0 Å². The van der Waals surface area contributed by atoms with Crippen molar-refractivity contribution in [2.75, 3.05) is 18.0 Å². The highest BCUT2D eigenvalue weighted by Gasteiger charge is 2.35. The molecule has 1 aliphatic rings. The van der Waals surface area contributed by atoms with Gasteiger partial charge in [0.05, 0.1) is 11.6 Å². The molecule has 1 aliphatic heterocycles. The lowest BCUT2D eigenvalue weighted by Gasteiger charge is -2.39. The molecule has 7 heteroatoms. The molecule has 6 nitrogen and oxygen atoms in total. The van der Waals surface area contributed by atoms with Gasteiger partial charge in [-0.05, 0) is 26.0 Å². The summed E-state index contributed by atoms with van der Waals surface area (Å²) in [4.78, 5) is 12.8. The maximum atomic E-state index is 12.3. The first-order valence-electron chi connectivity index (χ1n) is 6.40. The number of aliphatic carboxylic acids is 1. The number of carbonyl (C=O) groups is 1. The van der Waals surface area contributed by atoms with Crippen LogP contribution >= 0.6 is 0 Å². The van der Waals surface area contributed by atoms with Gasteiger partial charge in [-0.15, -0.1) is 0 Å². The smallest absolute Gasteiger partial charge is 0.310 e. The fourth-order valence-corrected chi connectivity index (χ4v) is 3.63. The Morgan fingerprint density at radius 1 is 1.35 bits per heavy atom. The van der Waals surface area contributed by atoms with Gasteiger partial charge < -0.3 is 10.0 Å². The maximum Gasteiger partial charge on any atom is 0.310 e. The highest BCUT2D eigenvalue weighted by Crippen LogP contribution is 2.30. The monoisotopic (exact) mass is 298 g/mol. The van der Waals surface area contributed by atoms with Crippen molar-refractivity contribution in [3.63, 3.8) is 0 Å². The van der Waals surface area contributed by atoms with Crippen LogP contribution < -0.4 is 9.62 Å². The van der Waals surface area contributed by atoms with E-state index in [9.17, 15) is 13.2 Å². The topological polar surface area (TPSA) is 86.7 Å². The second kappa shape index (κ2) is 5.41. The zero-order valence-corrected chi connectivity index (χ0v) is 12.2. The minimum Gasteiger partial charge on any atom is -0.481 e. The number of benzene rings is 1. The Morgan fingerprint density at radius 2 is 1.95 bits per heavy atom. The highest BCUT2D eigenvalue weighted by atomic mass is 32.2. The number of hydrogen-bond acceptors (Lipinski definition) is 4. The molecule has 2 rings (SSSR count). The molecule has 0 bridgehead atoms. The van der Waals surface area contributed by atoms with E-state index in [1.807, 2.05) is 0 Å². The second-order valence-corrected chi connectivity index (χ2v) is 6.87. The lowest BCUT2D eigenvalue weighted by Crippen LogP contribution is -2.51. The summed E-state index contributed by atoms with van der Waals surface area (Å²) in [6, 6.07) is 6.45. The van der Waals surface area contributed by atoms with E-state index in [4.69, 9.17) is 5.11 Å². The van der Waals surface area contributed by atoms with Crippen LogP contribution in [0.2, 0.25) is 0 Å². The molecular weight excluding hydrogens is 280 g/mol. The van der Waals surface area contributed by atoms with Crippen LogP contribution in [-0.4, -0.2) is 38.6 Å². The van der Waals surface area contributed by atoms with E-state index >= 15 is 0 Å². The predicted molar refractivity (Wildman–Crippen MR) is 75.2 cm³/mol. The number of hydrogen-bond donors (Lipinski definition) is 2. The summed E-state index contributed by atoms with van der Waals surface area (Å²) in [5.41, 5.74) is 0.554. The molecule has 0 atom stereocenters.